The highest BCUT2D eigenvalue weighted by atomic mass is 79.9. The molecule has 102 valence electrons. The number of hydrogen-bond acceptors (Lipinski definition) is 5. The van der Waals surface area contributed by atoms with Gasteiger partial charge in [-0.1, -0.05) is 0 Å². The Kier molecular flexibility index (Phi) is 4.81. The van der Waals surface area contributed by atoms with Crippen molar-refractivity contribution < 1.29 is 9.47 Å². The van der Waals surface area contributed by atoms with Crippen molar-refractivity contribution in [2.75, 3.05) is 14.2 Å². The predicted octanol–water partition coefficient (Wildman–Crippen LogP) is 3.08. The monoisotopic (exact) mass is 342 g/mol. The number of nitrogens with two attached hydrogens (primary N) is 1. The van der Waals surface area contributed by atoms with E-state index in [4.69, 9.17) is 15.3 Å². The van der Waals surface area contributed by atoms with Crippen molar-refractivity contribution in [1.82, 2.24) is 5.43 Å². The van der Waals surface area contributed by atoms with Crippen LogP contribution in [0.1, 0.15) is 16.5 Å². The van der Waals surface area contributed by atoms with Gasteiger partial charge in [0.25, 0.3) is 0 Å². The van der Waals surface area contributed by atoms with E-state index >= 15 is 0 Å². The molecular weight excluding hydrogens is 328 g/mol. The van der Waals surface area contributed by atoms with Crippen molar-refractivity contribution in [3.63, 3.8) is 0 Å². The minimum Gasteiger partial charge on any atom is -0.497 e. The molecule has 0 amide bonds. The third kappa shape index (κ3) is 3.09. The Labute approximate surface area is 124 Å². The minimum atomic E-state index is -0.113. The molecule has 0 bridgehead atoms. The number of benzene rings is 1. The molecule has 0 fully saturated rings. The number of hydrogen-bond donors (Lipinski definition) is 2. The van der Waals surface area contributed by atoms with E-state index in [0.717, 1.165) is 26.4 Å². The maximum atomic E-state index is 5.70. The fraction of sp³-hybridized carbons (Fsp3) is 0.231. The normalized spacial score (nSPS) is 12.2. The van der Waals surface area contributed by atoms with Crippen LogP contribution in [0.25, 0.3) is 0 Å². The van der Waals surface area contributed by atoms with Gasteiger partial charge in [0, 0.05) is 15.4 Å². The second kappa shape index (κ2) is 6.38. The van der Waals surface area contributed by atoms with E-state index < -0.39 is 0 Å². The van der Waals surface area contributed by atoms with Gasteiger partial charge in [-0.05, 0) is 45.1 Å². The zero-order valence-corrected chi connectivity index (χ0v) is 13.0. The molecule has 1 aromatic heterocycles. The summed E-state index contributed by atoms with van der Waals surface area (Å²) in [6, 6.07) is 7.61. The fourth-order valence-corrected chi connectivity index (χ4v) is 3.52. The summed E-state index contributed by atoms with van der Waals surface area (Å²) in [6.45, 7) is 0. The van der Waals surface area contributed by atoms with Gasteiger partial charge in [0.05, 0.1) is 20.3 Å². The van der Waals surface area contributed by atoms with Gasteiger partial charge in [0.2, 0.25) is 0 Å². The summed E-state index contributed by atoms with van der Waals surface area (Å²) >= 11 is 5.16. The summed E-state index contributed by atoms with van der Waals surface area (Å²) in [5, 5.41) is 2.02. The number of hydrazine groups is 1. The number of thiophene rings is 1. The van der Waals surface area contributed by atoms with Crippen molar-refractivity contribution in [2.45, 2.75) is 6.04 Å². The number of methoxy groups -OCH3 is 2. The van der Waals surface area contributed by atoms with Gasteiger partial charge >= 0.3 is 0 Å². The number of rotatable bonds is 5. The van der Waals surface area contributed by atoms with E-state index in [2.05, 4.69) is 21.4 Å². The van der Waals surface area contributed by atoms with Crippen LogP contribution in [-0.2, 0) is 0 Å². The van der Waals surface area contributed by atoms with E-state index in [1.54, 1.807) is 25.6 Å². The third-order valence-electron chi connectivity index (χ3n) is 2.78. The van der Waals surface area contributed by atoms with E-state index in [0.29, 0.717) is 0 Å². The Morgan fingerprint density at radius 1 is 1.21 bits per heavy atom. The van der Waals surface area contributed by atoms with Crippen LogP contribution in [0.5, 0.6) is 11.5 Å². The molecular formula is C13H15BrN2O2S. The van der Waals surface area contributed by atoms with Crippen LogP contribution in [-0.4, -0.2) is 14.2 Å². The summed E-state index contributed by atoms with van der Waals surface area (Å²) in [4.78, 5) is 1.11. The van der Waals surface area contributed by atoms with Gasteiger partial charge in [0.1, 0.15) is 11.5 Å². The molecule has 0 aliphatic heterocycles. The van der Waals surface area contributed by atoms with Gasteiger partial charge in [-0.25, -0.2) is 5.43 Å². The lowest BCUT2D eigenvalue weighted by atomic mass is 10.1. The molecule has 0 radical (unpaired) electrons. The lowest BCUT2D eigenvalue weighted by Crippen LogP contribution is -2.28. The first kappa shape index (κ1) is 14.3. The van der Waals surface area contributed by atoms with Crippen LogP contribution in [0.2, 0.25) is 0 Å². The van der Waals surface area contributed by atoms with Crippen molar-refractivity contribution in [3.8, 4) is 11.5 Å². The Hall–Kier alpha value is -1.08. The Balaban J connectivity index is 2.46. The van der Waals surface area contributed by atoms with Gasteiger partial charge < -0.3 is 9.47 Å². The predicted molar refractivity (Wildman–Crippen MR) is 80.7 cm³/mol. The zero-order valence-electron chi connectivity index (χ0n) is 10.6. The molecule has 0 aliphatic carbocycles. The van der Waals surface area contributed by atoms with Crippen LogP contribution in [0.3, 0.4) is 0 Å². The molecule has 0 saturated heterocycles. The number of halogens is 1. The molecule has 1 heterocycles. The largest absolute Gasteiger partial charge is 0.497 e. The number of ether oxygens (including phenoxy) is 2. The summed E-state index contributed by atoms with van der Waals surface area (Å²) in [6.07, 6.45) is 0. The SMILES string of the molecule is COc1cc(OC)cc(C(NN)c2sccc2Br)c1. The number of nitrogens with one attached hydrogen (secondary N) is 1. The van der Waals surface area contributed by atoms with Crippen LogP contribution in [0.4, 0.5) is 0 Å². The molecule has 1 aromatic carbocycles. The first-order valence-electron chi connectivity index (χ1n) is 5.61. The second-order valence-corrected chi connectivity index (χ2v) is 5.68. The Bertz CT molecular complexity index is 537. The molecule has 19 heavy (non-hydrogen) atoms. The van der Waals surface area contributed by atoms with Gasteiger partial charge in [-0.15, -0.1) is 11.3 Å². The molecule has 0 saturated carbocycles. The van der Waals surface area contributed by atoms with Crippen LogP contribution in [0.15, 0.2) is 34.1 Å². The molecule has 3 N–H and O–H groups in total. The smallest absolute Gasteiger partial charge is 0.122 e. The summed E-state index contributed by atoms with van der Waals surface area (Å²) < 4.78 is 11.6. The van der Waals surface area contributed by atoms with Crippen LogP contribution >= 0.6 is 27.3 Å². The minimum absolute atomic E-state index is 0.113. The van der Waals surface area contributed by atoms with Crippen molar-refractivity contribution >= 4 is 27.3 Å². The van der Waals surface area contributed by atoms with E-state index in [9.17, 15) is 0 Å². The maximum Gasteiger partial charge on any atom is 0.122 e. The van der Waals surface area contributed by atoms with Gasteiger partial charge in [-0.2, -0.15) is 0 Å². The molecule has 2 rings (SSSR count). The first-order valence-corrected chi connectivity index (χ1v) is 7.28. The van der Waals surface area contributed by atoms with Crippen LogP contribution in [0, 0.1) is 0 Å². The van der Waals surface area contributed by atoms with Crippen LogP contribution < -0.4 is 20.7 Å². The highest BCUT2D eigenvalue weighted by Crippen LogP contribution is 2.35. The summed E-state index contributed by atoms with van der Waals surface area (Å²) in [5.74, 6) is 7.18. The quantitative estimate of drug-likeness (QED) is 0.647. The molecule has 2 aromatic rings. The van der Waals surface area contributed by atoms with Crippen molar-refractivity contribution in [3.05, 3.63) is 44.6 Å². The summed E-state index contributed by atoms with van der Waals surface area (Å²) in [7, 11) is 3.26. The molecule has 1 unspecified atom stereocenters. The van der Waals surface area contributed by atoms with Crippen molar-refractivity contribution in [2.24, 2.45) is 5.84 Å². The Morgan fingerprint density at radius 3 is 2.26 bits per heavy atom. The standard InChI is InChI=1S/C13H15BrN2O2S/c1-17-9-5-8(6-10(7-9)18-2)12(16-15)13-11(14)3-4-19-13/h3-7,12,16H,15H2,1-2H3. The van der Waals surface area contributed by atoms with E-state index in [1.807, 2.05) is 29.6 Å². The maximum absolute atomic E-state index is 5.70. The second-order valence-electron chi connectivity index (χ2n) is 3.88. The Morgan fingerprint density at radius 2 is 1.84 bits per heavy atom. The fourth-order valence-electron chi connectivity index (χ4n) is 1.83. The lowest BCUT2D eigenvalue weighted by Gasteiger charge is -2.17. The molecule has 1 atom stereocenters. The highest BCUT2D eigenvalue weighted by Gasteiger charge is 2.18. The van der Waals surface area contributed by atoms with Crippen molar-refractivity contribution in [1.29, 1.82) is 0 Å². The topological polar surface area (TPSA) is 56.5 Å². The van der Waals surface area contributed by atoms with Gasteiger partial charge in [0.15, 0.2) is 0 Å². The molecule has 6 heteroatoms. The molecule has 0 aliphatic rings. The van der Waals surface area contributed by atoms with E-state index in [-0.39, 0.29) is 6.04 Å². The van der Waals surface area contributed by atoms with Gasteiger partial charge in [-0.3, -0.25) is 5.84 Å². The zero-order chi connectivity index (χ0) is 13.8. The average molecular weight is 343 g/mol. The first-order chi connectivity index (χ1) is 9.19. The average Bonchev–Trinajstić information content (AvgIpc) is 2.85. The molecule has 4 nitrogen and oxygen atoms in total. The molecule has 0 spiro atoms. The lowest BCUT2D eigenvalue weighted by molar-refractivity contribution is 0.392. The van der Waals surface area contributed by atoms with E-state index in [1.165, 1.54) is 0 Å². The highest BCUT2D eigenvalue weighted by molar-refractivity contribution is 9.10. The summed E-state index contributed by atoms with van der Waals surface area (Å²) in [5.41, 5.74) is 3.82. The third-order valence-corrected chi connectivity index (χ3v) is 4.72.